The van der Waals surface area contributed by atoms with Crippen LogP contribution in [0.2, 0.25) is 5.15 Å². The van der Waals surface area contributed by atoms with Crippen molar-refractivity contribution >= 4 is 29.2 Å². The Hall–Kier alpha value is -0.480. The van der Waals surface area contributed by atoms with E-state index in [1.54, 1.807) is 0 Å². The maximum Gasteiger partial charge on any atom is 0.190 e. The van der Waals surface area contributed by atoms with Crippen LogP contribution in [0.5, 0.6) is 0 Å². The van der Waals surface area contributed by atoms with Crippen LogP contribution in [0.4, 0.5) is 5.82 Å². The van der Waals surface area contributed by atoms with Gasteiger partial charge < -0.3 is 5.32 Å². The van der Waals surface area contributed by atoms with Gasteiger partial charge in [0.05, 0.1) is 0 Å². The molecule has 1 fully saturated rings. The minimum Gasteiger partial charge on any atom is -0.367 e. The zero-order valence-corrected chi connectivity index (χ0v) is 12.7. The summed E-state index contributed by atoms with van der Waals surface area (Å²) in [5, 5.41) is 4.75. The molecule has 3 unspecified atom stereocenters. The molecule has 0 spiro atoms. The van der Waals surface area contributed by atoms with E-state index in [0.29, 0.717) is 17.1 Å². The minimum atomic E-state index is 0.502. The average molecular weight is 286 g/mol. The van der Waals surface area contributed by atoms with Crippen molar-refractivity contribution in [2.24, 2.45) is 11.8 Å². The molecule has 1 aromatic heterocycles. The van der Waals surface area contributed by atoms with Crippen molar-refractivity contribution in [1.82, 2.24) is 9.97 Å². The van der Waals surface area contributed by atoms with Gasteiger partial charge in [0.2, 0.25) is 0 Å². The molecule has 0 aliphatic heterocycles. The normalized spacial score (nSPS) is 28.1. The number of hydrogen-bond acceptors (Lipinski definition) is 4. The molecule has 1 aromatic rings. The summed E-state index contributed by atoms with van der Waals surface area (Å²) in [5.74, 6) is 2.37. The molecule has 0 amide bonds. The number of aromatic nitrogens is 2. The summed E-state index contributed by atoms with van der Waals surface area (Å²) in [4.78, 5) is 8.61. The second-order valence-corrected chi connectivity index (χ2v) is 6.37. The first-order valence-electron chi connectivity index (χ1n) is 6.43. The van der Waals surface area contributed by atoms with Gasteiger partial charge in [0.25, 0.3) is 0 Å². The van der Waals surface area contributed by atoms with E-state index in [2.05, 4.69) is 29.1 Å². The molecular formula is C13H20ClN3S. The van der Waals surface area contributed by atoms with Crippen LogP contribution >= 0.6 is 23.4 Å². The third-order valence-electron chi connectivity index (χ3n) is 3.62. The van der Waals surface area contributed by atoms with Crippen molar-refractivity contribution in [3.05, 3.63) is 11.2 Å². The number of halogens is 1. The van der Waals surface area contributed by atoms with E-state index in [4.69, 9.17) is 11.6 Å². The summed E-state index contributed by atoms with van der Waals surface area (Å²) in [6.07, 6.45) is 5.74. The average Bonchev–Trinajstić information content (AvgIpc) is 2.32. The lowest BCUT2D eigenvalue weighted by Crippen LogP contribution is -2.33. The summed E-state index contributed by atoms with van der Waals surface area (Å²) in [6.45, 7) is 4.64. The Morgan fingerprint density at radius 2 is 2.11 bits per heavy atom. The molecule has 0 saturated heterocycles. The van der Waals surface area contributed by atoms with E-state index in [9.17, 15) is 0 Å². The van der Waals surface area contributed by atoms with Gasteiger partial charge in [-0.25, -0.2) is 9.97 Å². The SMILES string of the molecule is CSc1nc(Cl)cc(NC2CCC(C)CC2C)n1. The molecule has 0 radical (unpaired) electrons. The van der Waals surface area contributed by atoms with Gasteiger partial charge in [-0.05, 0) is 37.4 Å². The number of rotatable bonds is 3. The van der Waals surface area contributed by atoms with Gasteiger partial charge in [-0.3, -0.25) is 0 Å². The molecule has 100 valence electrons. The molecule has 2 rings (SSSR count). The Labute approximate surface area is 118 Å². The Bertz CT molecular complexity index is 413. The van der Waals surface area contributed by atoms with Gasteiger partial charge in [0.1, 0.15) is 11.0 Å². The lowest BCUT2D eigenvalue weighted by Gasteiger charge is -2.33. The Morgan fingerprint density at radius 3 is 2.78 bits per heavy atom. The molecule has 5 heteroatoms. The fourth-order valence-corrected chi connectivity index (χ4v) is 3.24. The van der Waals surface area contributed by atoms with Crippen molar-refractivity contribution in [1.29, 1.82) is 0 Å². The molecule has 0 bridgehead atoms. The predicted molar refractivity (Wildman–Crippen MR) is 78.4 cm³/mol. The summed E-state index contributed by atoms with van der Waals surface area (Å²) in [6, 6.07) is 2.31. The topological polar surface area (TPSA) is 37.8 Å². The van der Waals surface area contributed by atoms with Gasteiger partial charge >= 0.3 is 0 Å². The van der Waals surface area contributed by atoms with Crippen LogP contribution in [0.1, 0.15) is 33.1 Å². The number of hydrogen-bond donors (Lipinski definition) is 1. The van der Waals surface area contributed by atoms with E-state index < -0.39 is 0 Å². The number of nitrogens with zero attached hydrogens (tertiary/aromatic N) is 2. The fourth-order valence-electron chi connectivity index (χ4n) is 2.63. The Balaban J connectivity index is 2.06. The van der Waals surface area contributed by atoms with E-state index >= 15 is 0 Å². The third kappa shape index (κ3) is 3.51. The monoisotopic (exact) mass is 285 g/mol. The largest absolute Gasteiger partial charge is 0.367 e. The van der Waals surface area contributed by atoms with E-state index in [-0.39, 0.29) is 0 Å². The van der Waals surface area contributed by atoms with Crippen molar-refractivity contribution in [2.75, 3.05) is 11.6 Å². The van der Waals surface area contributed by atoms with Gasteiger partial charge in [-0.1, -0.05) is 37.2 Å². The second-order valence-electron chi connectivity index (χ2n) is 5.21. The van der Waals surface area contributed by atoms with Crippen LogP contribution in [0.25, 0.3) is 0 Å². The van der Waals surface area contributed by atoms with Crippen LogP contribution in [-0.2, 0) is 0 Å². The van der Waals surface area contributed by atoms with Crippen molar-refractivity contribution in [2.45, 2.75) is 44.3 Å². The van der Waals surface area contributed by atoms with Gasteiger partial charge in [0, 0.05) is 12.1 Å². The summed E-state index contributed by atoms with van der Waals surface area (Å²) < 4.78 is 0. The molecule has 1 saturated carbocycles. The maximum atomic E-state index is 6.00. The first-order valence-corrected chi connectivity index (χ1v) is 8.04. The number of nitrogens with one attached hydrogen (secondary N) is 1. The van der Waals surface area contributed by atoms with Crippen LogP contribution in [0, 0.1) is 11.8 Å². The number of anilines is 1. The van der Waals surface area contributed by atoms with Crippen molar-refractivity contribution < 1.29 is 0 Å². The second kappa shape index (κ2) is 6.11. The zero-order chi connectivity index (χ0) is 13.1. The van der Waals surface area contributed by atoms with Crippen molar-refractivity contribution in [3.63, 3.8) is 0 Å². The van der Waals surface area contributed by atoms with Crippen LogP contribution < -0.4 is 5.32 Å². The maximum absolute atomic E-state index is 6.00. The third-order valence-corrected chi connectivity index (χ3v) is 4.36. The highest BCUT2D eigenvalue weighted by Gasteiger charge is 2.25. The molecular weight excluding hydrogens is 266 g/mol. The van der Waals surface area contributed by atoms with Crippen molar-refractivity contribution in [3.8, 4) is 0 Å². The van der Waals surface area contributed by atoms with E-state index in [0.717, 1.165) is 16.9 Å². The smallest absolute Gasteiger partial charge is 0.190 e. The molecule has 1 N–H and O–H groups in total. The molecule has 3 atom stereocenters. The Kier molecular flexibility index (Phi) is 4.73. The predicted octanol–water partition coefficient (Wildman–Crippen LogP) is 4.09. The van der Waals surface area contributed by atoms with Gasteiger partial charge in [-0.2, -0.15) is 0 Å². The van der Waals surface area contributed by atoms with Crippen LogP contribution in [-0.4, -0.2) is 22.3 Å². The quantitative estimate of drug-likeness (QED) is 0.516. The molecule has 18 heavy (non-hydrogen) atoms. The standard InChI is InChI=1S/C13H20ClN3S/c1-8-4-5-10(9(2)6-8)15-12-7-11(14)16-13(17-12)18-3/h7-10H,4-6H2,1-3H3,(H,15,16,17). The number of thioether (sulfide) groups is 1. The van der Waals surface area contributed by atoms with Gasteiger partial charge in [0.15, 0.2) is 5.16 Å². The molecule has 1 aliphatic carbocycles. The molecule has 1 aliphatic rings. The van der Waals surface area contributed by atoms with E-state index in [1.165, 1.54) is 31.0 Å². The van der Waals surface area contributed by atoms with Crippen LogP contribution in [0.15, 0.2) is 11.2 Å². The fraction of sp³-hybridized carbons (Fsp3) is 0.692. The van der Waals surface area contributed by atoms with Gasteiger partial charge in [-0.15, -0.1) is 0 Å². The highest BCUT2D eigenvalue weighted by Crippen LogP contribution is 2.31. The molecule has 0 aromatic carbocycles. The first-order chi connectivity index (χ1) is 8.58. The Morgan fingerprint density at radius 1 is 1.33 bits per heavy atom. The highest BCUT2D eigenvalue weighted by atomic mass is 35.5. The minimum absolute atomic E-state index is 0.502. The lowest BCUT2D eigenvalue weighted by atomic mass is 9.80. The molecule has 3 nitrogen and oxygen atoms in total. The van der Waals surface area contributed by atoms with Crippen LogP contribution in [0.3, 0.4) is 0 Å². The highest BCUT2D eigenvalue weighted by molar-refractivity contribution is 7.98. The lowest BCUT2D eigenvalue weighted by molar-refractivity contribution is 0.276. The van der Waals surface area contributed by atoms with E-state index in [1.807, 2.05) is 12.3 Å². The summed E-state index contributed by atoms with van der Waals surface area (Å²) >= 11 is 7.52. The first kappa shape index (κ1) is 13.9. The zero-order valence-electron chi connectivity index (χ0n) is 11.1. The summed E-state index contributed by atoms with van der Waals surface area (Å²) in [5.41, 5.74) is 0. The summed E-state index contributed by atoms with van der Waals surface area (Å²) in [7, 11) is 0. The molecule has 1 heterocycles.